The highest BCUT2D eigenvalue weighted by Crippen LogP contribution is 2.32. The van der Waals surface area contributed by atoms with Crippen molar-refractivity contribution >= 4 is 12.1 Å². The lowest BCUT2D eigenvalue weighted by Crippen LogP contribution is -2.04. The number of rotatable bonds is 4. The molecule has 0 amide bonds. The SMILES string of the molecule is COc1cc([N+](=O)[O-])nc(C=O)c1C(F)F. The number of pyridine rings is 1. The van der Waals surface area contributed by atoms with E-state index in [0.717, 1.165) is 13.2 Å². The first-order valence-corrected chi connectivity index (χ1v) is 3.98. The van der Waals surface area contributed by atoms with Crippen LogP contribution in [0, 0.1) is 10.1 Å². The minimum atomic E-state index is -3.00. The summed E-state index contributed by atoms with van der Waals surface area (Å²) in [6.45, 7) is 0. The number of hydrogen-bond acceptors (Lipinski definition) is 5. The van der Waals surface area contributed by atoms with E-state index >= 15 is 0 Å². The molecule has 0 unspecified atom stereocenters. The number of carbonyl (C=O) groups excluding carboxylic acids is 1. The van der Waals surface area contributed by atoms with E-state index in [4.69, 9.17) is 0 Å². The quantitative estimate of drug-likeness (QED) is 0.448. The van der Waals surface area contributed by atoms with E-state index in [9.17, 15) is 23.7 Å². The largest absolute Gasteiger partial charge is 0.496 e. The van der Waals surface area contributed by atoms with Gasteiger partial charge >= 0.3 is 5.82 Å². The average Bonchev–Trinajstić information content (AvgIpc) is 2.26. The molecule has 0 fully saturated rings. The maximum absolute atomic E-state index is 12.5. The summed E-state index contributed by atoms with van der Waals surface area (Å²) in [5.74, 6) is -1.15. The Balaban J connectivity index is 3.48. The molecule has 0 aliphatic heterocycles. The van der Waals surface area contributed by atoms with Gasteiger partial charge in [0.25, 0.3) is 6.43 Å². The number of aromatic nitrogens is 1. The van der Waals surface area contributed by atoms with Gasteiger partial charge in [-0.25, -0.2) is 8.78 Å². The summed E-state index contributed by atoms with van der Waals surface area (Å²) in [4.78, 5) is 23.2. The summed E-state index contributed by atoms with van der Waals surface area (Å²) in [5, 5.41) is 10.4. The van der Waals surface area contributed by atoms with E-state index in [1.807, 2.05) is 0 Å². The molecule has 86 valence electrons. The summed E-state index contributed by atoms with van der Waals surface area (Å²) in [7, 11) is 1.07. The molecule has 1 aromatic heterocycles. The molecule has 0 bridgehead atoms. The van der Waals surface area contributed by atoms with Crippen LogP contribution in [0.2, 0.25) is 0 Å². The zero-order valence-electron chi connectivity index (χ0n) is 8.02. The Kier molecular flexibility index (Phi) is 3.44. The van der Waals surface area contributed by atoms with Crippen molar-refractivity contribution in [3.8, 4) is 5.75 Å². The highest BCUT2D eigenvalue weighted by atomic mass is 19.3. The second-order valence-corrected chi connectivity index (χ2v) is 2.66. The molecule has 0 atom stereocenters. The second kappa shape index (κ2) is 4.60. The van der Waals surface area contributed by atoms with Crippen molar-refractivity contribution in [1.29, 1.82) is 0 Å². The van der Waals surface area contributed by atoms with Crippen molar-refractivity contribution in [2.24, 2.45) is 0 Å². The smallest absolute Gasteiger partial charge is 0.367 e. The summed E-state index contributed by atoms with van der Waals surface area (Å²) < 4.78 is 29.6. The van der Waals surface area contributed by atoms with Gasteiger partial charge in [0.05, 0.1) is 13.2 Å². The molecule has 16 heavy (non-hydrogen) atoms. The van der Waals surface area contributed by atoms with Crippen LogP contribution < -0.4 is 4.74 Å². The monoisotopic (exact) mass is 232 g/mol. The van der Waals surface area contributed by atoms with Crippen LogP contribution in [0.4, 0.5) is 14.6 Å². The lowest BCUT2D eigenvalue weighted by atomic mass is 10.2. The van der Waals surface area contributed by atoms with Crippen LogP contribution in [0.25, 0.3) is 0 Å². The van der Waals surface area contributed by atoms with Crippen molar-refractivity contribution in [2.75, 3.05) is 7.11 Å². The lowest BCUT2D eigenvalue weighted by Gasteiger charge is -2.06. The van der Waals surface area contributed by atoms with Crippen LogP contribution in [-0.2, 0) is 0 Å². The topological polar surface area (TPSA) is 82.3 Å². The van der Waals surface area contributed by atoms with Gasteiger partial charge in [0.15, 0.2) is 6.29 Å². The van der Waals surface area contributed by atoms with E-state index in [1.54, 1.807) is 0 Å². The van der Waals surface area contributed by atoms with Crippen molar-refractivity contribution in [2.45, 2.75) is 6.43 Å². The molecule has 0 aromatic carbocycles. The van der Waals surface area contributed by atoms with Gasteiger partial charge in [-0.3, -0.25) is 4.79 Å². The number of methoxy groups -OCH3 is 1. The Morgan fingerprint density at radius 3 is 2.62 bits per heavy atom. The van der Waals surface area contributed by atoms with Crippen LogP contribution >= 0.6 is 0 Å². The highest BCUT2D eigenvalue weighted by molar-refractivity contribution is 5.76. The van der Waals surface area contributed by atoms with E-state index in [0.29, 0.717) is 0 Å². The Morgan fingerprint density at radius 2 is 2.25 bits per heavy atom. The molecular weight excluding hydrogens is 226 g/mol. The third-order valence-corrected chi connectivity index (χ3v) is 1.77. The molecule has 0 spiro atoms. The zero-order chi connectivity index (χ0) is 12.3. The molecule has 0 saturated carbocycles. The molecule has 1 aromatic rings. The van der Waals surface area contributed by atoms with E-state index < -0.39 is 34.2 Å². The van der Waals surface area contributed by atoms with Gasteiger partial charge in [-0.2, -0.15) is 0 Å². The van der Waals surface area contributed by atoms with Crippen molar-refractivity contribution < 1.29 is 23.2 Å². The Morgan fingerprint density at radius 1 is 1.62 bits per heavy atom. The van der Waals surface area contributed by atoms with Crippen LogP contribution in [0.1, 0.15) is 22.5 Å². The predicted molar refractivity (Wildman–Crippen MR) is 47.8 cm³/mol. The second-order valence-electron chi connectivity index (χ2n) is 2.66. The summed E-state index contributed by atoms with van der Waals surface area (Å²) in [6.07, 6.45) is -2.97. The first-order chi connectivity index (χ1) is 7.51. The molecule has 8 heteroatoms. The molecular formula is C8H6F2N2O4. The van der Waals surface area contributed by atoms with Crippen molar-refractivity contribution in [3.05, 3.63) is 27.4 Å². The number of halogens is 2. The maximum Gasteiger partial charge on any atom is 0.367 e. The molecule has 0 saturated heterocycles. The fraction of sp³-hybridized carbons (Fsp3) is 0.250. The zero-order valence-corrected chi connectivity index (χ0v) is 8.02. The Hall–Kier alpha value is -2.12. The van der Waals surface area contributed by atoms with E-state index in [2.05, 4.69) is 9.72 Å². The normalized spacial score (nSPS) is 10.2. The third-order valence-electron chi connectivity index (χ3n) is 1.77. The summed E-state index contributed by atoms with van der Waals surface area (Å²) in [6, 6.07) is 0.745. The fourth-order valence-electron chi connectivity index (χ4n) is 1.11. The maximum atomic E-state index is 12.5. The summed E-state index contributed by atoms with van der Waals surface area (Å²) >= 11 is 0. The van der Waals surface area contributed by atoms with Crippen LogP contribution in [0.3, 0.4) is 0 Å². The first kappa shape index (κ1) is 12.0. The predicted octanol–water partition coefficient (Wildman–Crippen LogP) is 1.75. The summed E-state index contributed by atoms with van der Waals surface area (Å²) in [5.41, 5.74) is -1.44. The van der Waals surface area contributed by atoms with E-state index in [1.165, 1.54) is 0 Å². The van der Waals surface area contributed by atoms with Crippen molar-refractivity contribution in [3.63, 3.8) is 0 Å². The molecule has 1 rings (SSSR count). The van der Waals surface area contributed by atoms with Crippen LogP contribution in [-0.4, -0.2) is 23.3 Å². The molecule has 6 nitrogen and oxygen atoms in total. The van der Waals surface area contributed by atoms with Crippen LogP contribution in [0.15, 0.2) is 6.07 Å². The van der Waals surface area contributed by atoms with Gasteiger partial charge in [0.1, 0.15) is 11.3 Å². The van der Waals surface area contributed by atoms with Gasteiger partial charge in [-0.15, -0.1) is 0 Å². The molecule has 0 radical (unpaired) electrons. The number of alkyl halides is 2. The standard InChI is InChI=1S/C8H6F2N2O4/c1-16-5-2-6(12(14)15)11-4(3-13)7(5)8(9)10/h2-3,8H,1H3. The van der Waals surface area contributed by atoms with Gasteiger partial charge in [0, 0.05) is 0 Å². The number of hydrogen-bond donors (Lipinski definition) is 0. The number of carbonyl (C=O) groups is 1. The Bertz CT molecular complexity index is 436. The van der Waals surface area contributed by atoms with Gasteiger partial charge < -0.3 is 14.9 Å². The first-order valence-electron chi connectivity index (χ1n) is 3.98. The van der Waals surface area contributed by atoms with Crippen LogP contribution in [0.5, 0.6) is 5.75 Å². The molecule has 0 N–H and O–H groups in total. The molecule has 1 heterocycles. The third kappa shape index (κ3) is 2.10. The highest BCUT2D eigenvalue weighted by Gasteiger charge is 2.27. The average molecular weight is 232 g/mol. The van der Waals surface area contributed by atoms with Gasteiger partial charge in [0.2, 0.25) is 5.69 Å². The number of aldehydes is 1. The minimum Gasteiger partial charge on any atom is -0.496 e. The van der Waals surface area contributed by atoms with E-state index in [-0.39, 0.29) is 6.29 Å². The Labute approximate surface area is 88.0 Å². The number of nitrogens with zero attached hydrogens (tertiary/aromatic N) is 2. The fourth-order valence-corrected chi connectivity index (χ4v) is 1.11. The number of nitro groups is 1. The minimum absolute atomic E-state index is 0.0248. The molecule has 0 aliphatic rings. The van der Waals surface area contributed by atoms with Gasteiger partial charge in [-0.1, -0.05) is 0 Å². The lowest BCUT2D eigenvalue weighted by molar-refractivity contribution is -0.389. The van der Waals surface area contributed by atoms with Crippen molar-refractivity contribution in [1.82, 2.24) is 4.98 Å². The van der Waals surface area contributed by atoms with Gasteiger partial charge in [-0.05, 0) is 9.91 Å². The molecule has 0 aliphatic carbocycles. The number of ether oxygens (including phenoxy) is 1.